The van der Waals surface area contributed by atoms with Crippen molar-refractivity contribution in [2.45, 2.75) is 26.3 Å². The van der Waals surface area contributed by atoms with E-state index < -0.39 is 0 Å². The van der Waals surface area contributed by atoms with E-state index in [0.717, 1.165) is 36.9 Å². The van der Waals surface area contributed by atoms with Gasteiger partial charge in [-0.25, -0.2) is 0 Å². The Morgan fingerprint density at radius 2 is 2.16 bits per heavy atom. The largest absolute Gasteiger partial charge is 0.466 e. The maximum atomic E-state index is 11.8. The van der Waals surface area contributed by atoms with Crippen LogP contribution in [0.2, 0.25) is 0 Å². The molecule has 4 heteroatoms. The normalized spacial score (nSPS) is 23.1. The van der Waals surface area contributed by atoms with Crippen LogP contribution in [0.1, 0.15) is 25.3 Å². The van der Waals surface area contributed by atoms with Crippen LogP contribution in [-0.2, 0) is 16.1 Å². The summed E-state index contributed by atoms with van der Waals surface area (Å²) < 4.78 is 6.24. The van der Waals surface area contributed by atoms with Gasteiger partial charge in [0.1, 0.15) is 12.5 Å². The number of esters is 1. The molecular formula is C15H21BrNO2+. The average molecular weight is 327 g/mol. The van der Waals surface area contributed by atoms with Crippen molar-refractivity contribution in [2.24, 2.45) is 5.92 Å². The molecule has 3 nitrogen and oxygen atoms in total. The molecule has 1 aliphatic heterocycles. The number of hydrogen-bond acceptors (Lipinski definition) is 2. The number of likely N-dealkylation sites (tertiary alicyclic amines) is 1. The minimum Gasteiger partial charge on any atom is -0.466 e. The zero-order valence-electron chi connectivity index (χ0n) is 11.3. The lowest BCUT2D eigenvalue weighted by Gasteiger charge is -2.28. The Kier molecular flexibility index (Phi) is 5.40. The summed E-state index contributed by atoms with van der Waals surface area (Å²) in [6.45, 7) is 5.38. The quantitative estimate of drug-likeness (QED) is 0.855. The second-order valence-electron chi connectivity index (χ2n) is 5.10. The molecule has 104 valence electrons. The Morgan fingerprint density at radius 3 is 2.84 bits per heavy atom. The molecule has 1 unspecified atom stereocenters. The summed E-state index contributed by atoms with van der Waals surface area (Å²) in [4.78, 5) is 13.3. The Labute approximate surface area is 123 Å². The Hall–Kier alpha value is -0.870. The topological polar surface area (TPSA) is 30.7 Å². The van der Waals surface area contributed by atoms with Crippen molar-refractivity contribution >= 4 is 21.9 Å². The monoisotopic (exact) mass is 326 g/mol. The van der Waals surface area contributed by atoms with E-state index in [0.29, 0.717) is 6.61 Å². The van der Waals surface area contributed by atoms with Crippen LogP contribution in [0.4, 0.5) is 0 Å². The van der Waals surface area contributed by atoms with E-state index in [4.69, 9.17) is 4.74 Å². The van der Waals surface area contributed by atoms with E-state index in [1.165, 1.54) is 10.5 Å². The zero-order valence-corrected chi connectivity index (χ0v) is 12.9. The highest BCUT2D eigenvalue weighted by molar-refractivity contribution is 9.10. The van der Waals surface area contributed by atoms with Crippen LogP contribution < -0.4 is 4.90 Å². The molecule has 2 rings (SSSR count). The number of ether oxygens (including phenoxy) is 1. The molecule has 0 spiro atoms. The molecule has 0 bridgehead atoms. The third kappa shape index (κ3) is 4.32. The molecule has 0 amide bonds. The van der Waals surface area contributed by atoms with Gasteiger partial charge in [-0.3, -0.25) is 4.79 Å². The van der Waals surface area contributed by atoms with E-state index >= 15 is 0 Å². The van der Waals surface area contributed by atoms with E-state index in [1.54, 1.807) is 0 Å². The minimum atomic E-state index is -0.0180. The van der Waals surface area contributed by atoms with Gasteiger partial charge in [-0.05, 0) is 31.9 Å². The summed E-state index contributed by atoms with van der Waals surface area (Å²) in [7, 11) is 0. The third-order valence-electron chi connectivity index (χ3n) is 3.61. The number of hydrogen-bond donors (Lipinski definition) is 1. The molecule has 1 aromatic carbocycles. The van der Waals surface area contributed by atoms with E-state index in [2.05, 4.69) is 40.2 Å². The van der Waals surface area contributed by atoms with Crippen molar-refractivity contribution in [1.29, 1.82) is 0 Å². The predicted molar refractivity (Wildman–Crippen MR) is 77.9 cm³/mol. The van der Waals surface area contributed by atoms with Gasteiger partial charge in [0.25, 0.3) is 0 Å². The Bertz CT molecular complexity index is 419. The highest BCUT2D eigenvalue weighted by Gasteiger charge is 2.29. The minimum absolute atomic E-state index is 0.0180. The molecule has 0 radical (unpaired) electrons. The first-order valence-corrected chi connectivity index (χ1v) is 7.73. The number of carbonyl (C=O) groups is 1. The summed E-state index contributed by atoms with van der Waals surface area (Å²) in [5.41, 5.74) is 1.32. The van der Waals surface area contributed by atoms with Crippen molar-refractivity contribution in [3.63, 3.8) is 0 Å². The lowest BCUT2D eigenvalue weighted by molar-refractivity contribution is -0.921. The van der Waals surface area contributed by atoms with Gasteiger partial charge in [0.05, 0.1) is 19.7 Å². The van der Waals surface area contributed by atoms with Gasteiger partial charge >= 0.3 is 5.97 Å². The first-order valence-electron chi connectivity index (χ1n) is 6.93. The number of quaternary nitrogens is 1. The highest BCUT2D eigenvalue weighted by atomic mass is 79.9. The van der Waals surface area contributed by atoms with E-state index in [-0.39, 0.29) is 11.9 Å². The molecule has 0 aromatic heterocycles. The molecule has 1 fully saturated rings. The lowest BCUT2D eigenvalue weighted by Crippen LogP contribution is -3.12. The molecule has 1 aliphatic rings. The molecule has 1 N–H and O–H groups in total. The van der Waals surface area contributed by atoms with Crippen molar-refractivity contribution in [2.75, 3.05) is 19.7 Å². The molecule has 0 saturated carbocycles. The van der Waals surface area contributed by atoms with E-state index in [9.17, 15) is 4.79 Å². The summed E-state index contributed by atoms with van der Waals surface area (Å²) in [5.74, 6) is 0.0645. The van der Waals surface area contributed by atoms with Gasteiger partial charge in [-0.15, -0.1) is 0 Å². The third-order valence-corrected chi connectivity index (χ3v) is 4.13. The number of carbonyl (C=O) groups excluding carboxylic acids is 1. The fourth-order valence-corrected chi connectivity index (χ4v) is 2.93. The predicted octanol–water partition coefficient (Wildman–Crippen LogP) is 1.81. The Balaban J connectivity index is 1.90. The number of benzene rings is 1. The standard InChI is InChI=1S/C15H20BrNO2/c1-2-19-15(18)13-4-3-9-17(11-13)10-12-5-7-14(16)8-6-12/h5-8,13H,2-4,9-11H2,1H3/p+1/t13-/m0/s1. The SMILES string of the molecule is CCOC(=O)[C@H]1CCC[NH+](Cc2ccc(Br)cc2)C1. The van der Waals surface area contributed by atoms with Crippen LogP contribution in [0.25, 0.3) is 0 Å². The van der Waals surface area contributed by atoms with Gasteiger partial charge in [-0.1, -0.05) is 28.1 Å². The number of piperidine rings is 1. The number of rotatable bonds is 4. The fraction of sp³-hybridized carbons (Fsp3) is 0.533. The van der Waals surface area contributed by atoms with Gasteiger partial charge in [0, 0.05) is 10.0 Å². The molecule has 1 saturated heterocycles. The smallest absolute Gasteiger partial charge is 0.314 e. The highest BCUT2D eigenvalue weighted by Crippen LogP contribution is 2.12. The maximum Gasteiger partial charge on any atom is 0.314 e. The maximum absolute atomic E-state index is 11.8. The number of halogens is 1. The summed E-state index contributed by atoms with van der Waals surface area (Å²) >= 11 is 3.45. The summed E-state index contributed by atoms with van der Waals surface area (Å²) in [5, 5.41) is 0. The summed E-state index contributed by atoms with van der Waals surface area (Å²) in [6, 6.07) is 8.43. The van der Waals surface area contributed by atoms with Crippen LogP contribution >= 0.6 is 15.9 Å². The Morgan fingerprint density at radius 1 is 1.42 bits per heavy atom. The van der Waals surface area contributed by atoms with Crippen LogP contribution in [-0.4, -0.2) is 25.7 Å². The van der Waals surface area contributed by atoms with Crippen molar-refractivity contribution < 1.29 is 14.4 Å². The summed E-state index contributed by atoms with van der Waals surface area (Å²) in [6.07, 6.45) is 2.08. The zero-order chi connectivity index (χ0) is 13.7. The van der Waals surface area contributed by atoms with Crippen LogP contribution in [0.5, 0.6) is 0 Å². The van der Waals surface area contributed by atoms with E-state index in [1.807, 2.05) is 6.92 Å². The van der Waals surface area contributed by atoms with Gasteiger partial charge in [0.2, 0.25) is 0 Å². The molecule has 2 atom stereocenters. The number of nitrogens with one attached hydrogen (secondary N) is 1. The molecular weight excluding hydrogens is 306 g/mol. The first-order chi connectivity index (χ1) is 9.19. The van der Waals surface area contributed by atoms with Gasteiger partial charge < -0.3 is 9.64 Å². The second-order valence-corrected chi connectivity index (χ2v) is 6.01. The molecule has 1 heterocycles. The van der Waals surface area contributed by atoms with Crippen LogP contribution in [0.15, 0.2) is 28.7 Å². The molecule has 0 aliphatic carbocycles. The average Bonchev–Trinajstić information content (AvgIpc) is 2.42. The second kappa shape index (κ2) is 7.06. The lowest BCUT2D eigenvalue weighted by atomic mass is 9.98. The fourth-order valence-electron chi connectivity index (χ4n) is 2.66. The van der Waals surface area contributed by atoms with Crippen LogP contribution in [0, 0.1) is 5.92 Å². The van der Waals surface area contributed by atoms with Gasteiger partial charge in [0.15, 0.2) is 0 Å². The van der Waals surface area contributed by atoms with Crippen LogP contribution in [0.3, 0.4) is 0 Å². The van der Waals surface area contributed by atoms with Crippen molar-refractivity contribution in [3.8, 4) is 0 Å². The van der Waals surface area contributed by atoms with Gasteiger partial charge in [-0.2, -0.15) is 0 Å². The first kappa shape index (κ1) is 14.5. The van der Waals surface area contributed by atoms with Crippen molar-refractivity contribution in [3.05, 3.63) is 34.3 Å². The molecule has 1 aromatic rings. The molecule has 19 heavy (non-hydrogen) atoms. The van der Waals surface area contributed by atoms with Crippen molar-refractivity contribution in [1.82, 2.24) is 0 Å².